The van der Waals surface area contributed by atoms with Crippen molar-refractivity contribution in [3.63, 3.8) is 0 Å². The number of hydrogen-bond acceptors (Lipinski definition) is 5. The molecule has 33 heavy (non-hydrogen) atoms. The molecule has 164 valence electrons. The summed E-state index contributed by atoms with van der Waals surface area (Å²) in [6.07, 6.45) is 4.95. The Morgan fingerprint density at radius 1 is 1.12 bits per heavy atom. The monoisotopic (exact) mass is 439 g/mol. The van der Waals surface area contributed by atoms with Crippen LogP contribution < -0.4 is 4.74 Å². The topological polar surface area (TPSA) is 95.5 Å². The van der Waals surface area contributed by atoms with E-state index in [4.69, 9.17) is 4.74 Å². The van der Waals surface area contributed by atoms with Gasteiger partial charge in [0.15, 0.2) is 0 Å². The normalized spacial score (nSPS) is 17.6. The highest BCUT2D eigenvalue weighted by molar-refractivity contribution is 6.46. The van der Waals surface area contributed by atoms with Crippen LogP contribution in [0.25, 0.3) is 16.7 Å². The van der Waals surface area contributed by atoms with Crippen molar-refractivity contribution in [3.05, 3.63) is 102 Å². The van der Waals surface area contributed by atoms with Crippen molar-refractivity contribution >= 4 is 28.4 Å². The van der Waals surface area contributed by atoms with Gasteiger partial charge in [-0.15, -0.1) is 0 Å². The number of rotatable bonds is 5. The van der Waals surface area contributed by atoms with Crippen LogP contribution in [0.5, 0.6) is 5.75 Å². The number of carbonyl (C=O) groups is 2. The Balaban J connectivity index is 1.70. The Morgan fingerprint density at radius 3 is 2.76 bits per heavy atom. The number of para-hydroxylation sites is 1. The number of nitrogens with one attached hydrogen (secondary N) is 1. The standard InChI is InChI=1S/C26H21N3O4/c1-33-18-8-4-7-17(12-18)23-22(24(30)20-14-28-21-10-3-2-9-19(20)21)25(31)26(32)29(23)15-16-6-5-11-27-13-16/h2-14,23,28,30H,15H2,1H3/b24-22-. The molecule has 1 saturated heterocycles. The van der Waals surface area contributed by atoms with Gasteiger partial charge in [-0.25, -0.2) is 0 Å². The van der Waals surface area contributed by atoms with Crippen molar-refractivity contribution in [1.29, 1.82) is 0 Å². The molecule has 0 spiro atoms. The second kappa shape index (κ2) is 8.27. The third-order valence-corrected chi connectivity index (χ3v) is 5.87. The highest BCUT2D eigenvalue weighted by Gasteiger charge is 2.46. The van der Waals surface area contributed by atoms with E-state index in [0.717, 1.165) is 16.5 Å². The molecule has 7 nitrogen and oxygen atoms in total. The Hall–Kier alpha value is -4.39. The van der Waals surface area contributed by atoms with Gasteiger partial charge in [-0.2, -0.15) is 0 Å². The zero-order valence-electron chi connectivity index (χ0n) is 17.9. The third-order valence-electron chi connectivity index (χ3n) is 5.87. The number of hydrogen-bond donors (Lipinski definition) is 2. The lowest BCUT2D eigenvalue weighted by Crippen LogP contribution is -2.29. The predicted molar refractivity (Wildman–Crippen MR) is 123 cm³/mol. The van der Waals surface area contributed by atoms with Crippen molar-refractivity contribution in [2.24, 2.45) is 0 Å². The van der Waals surface area contributed by atoms with Gasteiger partial charge in [0.2, 0.25) is 0 Å². The molecule has 0 bridgehead atoms. The first-order chi connectivity index (χ1) is 16.1. The van der Waals surface area contributed by atoms with Crippen molar-refractivity contribution in [1.82, 2.24) is 14.9 Å². The van der Waals surface area contributed by atoms with Crippen LogP contribution in [0.15, 0.2) is 84.8 Å². The largest absolute Gasteiger partial charge is 0.507 e. The molecule has 3 heterocycles. The van der Waals surface area contributed by atoms with E-state index in [-0.39, 0.29) is 17.9 Å². The zero-order chi connectivity index (χ0) is 22.9. The van der Waals surface area contributed by atoms with E-state index in [9.17, 15) is 14.7 Å². The van der Waals surface area contributed by atoms with Crippen molar-refractivity contribution in [2.45, 2.75) is 12.6 Å². The summed E-state index contributed by atoms with van der Waals surface area (Å²) in [4.78, 5) is 35.1. The molecule has 0 radical (unpaired) electrons. The maximum absolute atomic E-state index is 13.3. The number of fused-ring (bicyclic) bond motifs is 1. The number of nitrogens with zero attached hydrogens (tertiary/aromatic N) is 2. The smallest absolute Gasteiger partial charge is 0.295 e. The number of ketones is 1. The fraction of sp³-hybridized carbons (Fsp3) is 0.115. The SMILES string of the molecule is COc1cccc(C2/C(=C(/O)c3c[nH]c4ccccc34)C(=O)C(=O)N2Cc2cccnc2)c1. The first kappa shape index (κ1) is 20.5. The molecule has 1 unspecified atom stereocenters. The van der Waals surface area contributed by atoms with E-state index in [0.29, 0.717) is 16.9 Å². The Labute approximate surface area is 190 Å². The molecular formula is C26H21N3O4. The van der Waals surface area contributed by atoms with E-state index in [1.54, 1.807) is 50.0 Å². The molecule has 0 aliphatic carbocycles. The van der Waals surface area contributed by atoms with Crippen LogP contribution in [0.2, 0.25) is 0 Å². The fourth-order valence-electron chi connectivity index (χ4n) is 4.30. The summed E-state index contributed by atoms with van der Waals surface area (Å²) < 4.78 is 5.37. The summed E-state index contributed by atoms with van der Waals surface area (Å²) >= 11 is 0. The number of amides is 1. The minimum atomic E-state index is -0.783. The number of ether oxygens (including phenoxy) is 1. The third kappa shape index (κ3) is 3.53. The molecule has 1 amide bonds. The van der Waals surface area contributed by atoms with Crippen LogP contribution in [-0.4, -0.2) is 38.8 Å². The van der Waals surface area contributed by atoms with Gasteiger partial charge in [0.25, 0.3) is 11.7 Å². The maximum atomic E-state index is 13.3. The Morgan fingerprint density at radius 2 is 1.97 bits per heavy atom. The predicted octanol–water partition coefficient (Wildman–Crippen LogP) is 4.19. The van der Waals surface area contributed by atoms with Crippen molar-refractivity contribution in [2.75, 3.05) is 7.11 Å². The number of aromatic nitrogens is 2. The molecule has 7 heteroatoms. The van der Waals surface area contributed by atoms with Crippen LogP contribution in [0.1, 0.15) is 22.7 Å². The van der Waals surface area contributed by atoms with Crippen molar-refractivity contribution < 1.29 is 19.4 Å². The second-order valence-corrected chi connectivity index (χ2v) is 7.81. The van der Waals surface area contributed by atoms with Gasteiger partial charge in [-0.05, 0) is 35.4 Å². The summed E-state index contributed by atoms with van der Waals surface area (Å²) in [6.45, 7) is 0.172. The lowest BCUT2D eigenvalue weighted by Gasteiger charge is -2.25. The summed E-state index contributed by atoms with van der Waals surface area (Å²) in [5, 5.41) is 12.1. The summed E-state index contributed by atoms with van der Waals surface area (Å²) in [5.41, 5.74) is 2.78. The molecule has 1 aliphatic heterocycles. The van der Waals surface area contributed by atoms with Crippen LogP contribution in [0, 0.1) is 0 Å². The Kier molecular flexibility index (Phi) is 5.14. The number of methoxy groups -OCH3 is 1. The number of Topliss-reactive ketones (excluding diaryl/α,β-unsaturated/α-hetero) is 1. The zero-order valence-corrected chi connectivity index (χ0v) is 17.9. The van der Waals surface area contributed by atoms with E-state index in [2.05, 4.69) is 9.97 Å². The van der Waals surface area contributed by atoms with Gasteiger partial charge < -0.3 is 19.7 Å². The lowest BCUT2D eigenvalue weighted by molar-refractivity contribution is -0.140. The van der Waals surface area contributed by atoms with E-state index < -0.39 is 17.7 Å². The van der Waals surface area contributed by atoms with Gasteiger partial charge in [-0.1, -0.05) is 36.4 Å². The lowest BCUT2D eigenvalue weighted by atomic mass is 9.95. The summed E-state index contributed by atoms with van der Waals surface area (Å²) in [6, 6.07) is 17.5. The summed E-state index contributed by atoms with van der Waals surface area (Å²) in [7, 11) is 1.55. The first-order valence-electron chi connectivity index (χ1n) is 10.5. The second-order valence-electron chi connectivity index (χ2n) is 7.81. The van der Waals surface area contributed by atoms with E-state index >= 15 is 0 Å². The van der Waals surface area contributed by atoms with Gasteiger partial charge in [-0.3, -0.25) is 14.6 Å². The molecule has 2 N–H and O–H groups in total. The summed E-state index contributed by atoms with van der Waals surface area (Å²) in [5.74, 6) is -1.03. The minimum absolute atomic E-state index is 0.0434. The Bertz CT molecular complexity index is 1390. The molecule has 1 fully saturated rings. The van der Waals surface area contributed by atoms with Crippen LogP contribution >= 0.6 is 0 Å². The number of benzene rings is 2. The molecule has 2 aromatic heterocycles. The quantitative estimate of drug-likeness (QED) is 0.276. The van der Waals surface area contributed by atoms with E-state index in [1.807, 2.05) is 36.4 Å². The number of pyridine rings is 1. The van der Waals surface area contributed by atoms with Gasteiger partial charge >= 0.3 is 0 Å². The maximum Gasteiger partial charge on any atom is 0.295 e. The molecule has 1 atom stereocenters. The molecule has 0 saturated carbocycles. The number of aromatic amines is 1. The van der Waals surface area contributed by atoms with Gasteiger partial charge in [0.1, 0.15) is 11.5 Å². The molecule has 5 rings (SSSR count). The van der Waals surface area contributed by atoms with Gasteiger partial charge in [0, 0.05) is 41.6 Å². The average molecular weight is 439 g/mol. The molecule has 1 aliphatic rings. The average Bonchev–Trinajstić information content (AvgIpc) is 3.39. The number of carbonyl (C=O) groups excluding carboxylic acids is 2. The number of H-pyrrole nitrogens is 1. The number of aliphatic hydroxyl groups is 1. The van der Waals surface area contributed by atoms with Gasteiger partial charge in [0.05, 0.1) is 18.7 Å². The minimum Gasteiger partial charge on any atom is -0.507 e. The highest BCUT2D eigenvalue weighted by atomic mass is 16.5. The van der Waals surface area contributed by atoms with E-state index in [1.165, 1.54) is 4.90 Å². The highest BCUT2D eigenvalue weighted by Crippen LogP contribution is 2.42. The number of aliphatic hydroxyl groups excluding tert-OH is 1. The number of likely N-dealkylation sites (tertiary alicyclic amines) is 1. The van der Waals surface area contributed by atoms with Crippen molar-refractivity contribution in [3.8, 4) is 5.75 Å². The van der Waals surface area contributed by atoms with Crippen LogP contribution in [-0.2, 0) is 16.1 Å². The first-order valence-corrected chi connectivity index (χ1v) is 10.5. The van der Waals surface area contributed by atoms with Crippen LogP contribution in [0.4, 0.5) is 0 Å². The molecule has 2 aromatic carbocycles. The molecule has 4 aromatic rings. The molecular weight excluding hydrogens is 418 g/mol. The van der Waals surface area contributed by atoms with Crippen LogP contribution in [0.3, 0.4) is 0 Å². The fourth-order valence-corrected chi connectivity index (χ4v) is 4.30.